The molecular weight excluding hydrogens is 300 g/mol. The lowest BCUT2D eigenvalue weighted by molar-refractivity contribution is 0.597. The van der Waals surface area contributed by atoms with Gasteiger partial charge in [0.05, 0.1) is 4.90 Å². The topological polar surface area (TPSA) is 164 Å². The van der Waals surface area contributed by atoms with E-state index in [1.165, 1.54) is 24.3 Å². The largest absolute Gasteiger partial charge is 0.398 e. The molecule has 0 saturated heterocycles. The van der Waals surface area contributed by atoms with Crippen LogP contribution in [0, 0.1) is 0 Å². The third-order valence-electron chi connectivity index (χ3n) is 2.26. The molecule has 0 aliphatic rings. The molecule has 0 spiro atoms. The highest BCUT2D eigenvalue weighted by Crippen LogP contribution is 2.32. The maximum atomic E-state index is 11.3. The van der Waals surface area contributed by atoms with Crippen LogP contribution in [0.15, 0.2) is 39.2 Å². The SMILES string of the molecule is Nc1cc(N)nc(Sc2cc(S(N)(=O)=O)ccc2N)n1. The summed E-state index contributed by atoms with van der Waals surface area (Å²) in [5.41, 5.74) is 17.3. The molecular formula is C10H12N6O2S2. The number of hydrogen-bond acceptors (Lipinski definition) is 8. The minimum Gasteiger partial charge on any atom is -0.398 e. The van der Waals surface area contributed by atoms with Crippen LogP contribution >= 0.6 is 11.8 Å². The average Bonchev–Trinajstić information content (AvgIpc) is 2.29. The van der Waals surface area contributed by atoms with Crippen LogP contribution in [0.3, 0.4) is 0 Å². The van der Waals surface area contributed by atoms with Crippen LogP contribution < -0.4 is 22.3 Å². The summed E-state index contributed by atoms with van der Waals surface area (Å²) < 4.78 is 22.6. The van der Waals surface area contributed by atoms with E-state index in [0.29, 0.717) is 10.6 Å². The van der Waals surface area contributed by atoms with E-state index in [2.05, 4.69) is 9.97 Å². The van der Waals surface area contributed by atoms with Crippen molar-refractivity contribution in [1.29, 1.82) is 0 Å². The fourth-order valence-corrected chi connectivity index (χ4v) is 2.87. The zero-order valence-corrected chi connectivity index (χ0v) is 11.8. The molecule has 0 aliphatic heterocycles. The van der Waals surface area contributed by atoms with E-state index < -0.39 is 10.0 Å². The van der Waals surface area contributed by atoms with Crippen LogP contribution in [-0.4, -0.2) is 18.4 Å². The Hall–Kier alpha value is -2.04. The van der Waals surface area contributed by atoms with Gasteiger partial charge in [-0.25, -0.2) is 23.5 Å². The van der Waals surface area contributed by atoms with Crippen LogP contribution in [0.1, 0.15) is 0 Å². The number of nitrogen functional groups attached to an aromatic ring is 3. The van der Waals surface area contributed by atoms with Crippen LogP contribution in [0.4, 0.5) is 17.3 Å². The second-order valence-electron chi connectivity index (χ2n) is 3.85. The van der Waals surface area contributed by atoms with E-state index in [0.717, 1.165) is 11.8 Å². The molecule has 1 aromatic heterocycles. The first-order valence-electron chi connectivity index (χ1n) is 5.26. The van der Waals surface area contributed by atoms with E-state index in [4.69, 9.17) is 22.3 Å². The lowest BCUT2D eigenvalue weighted by Gasteiger charge is -2.07. The highest BCUT2D eigenvalue weighted by atomic mass is 32.2. The lowest BCUT2D eigenvalue weighted by atomic mass is 10.3. The van der Waals surface area contributed by atoms with E-state index in [1.54, 1.807) is 0 Å². The van der Waals surface area contributed by atoms with E-state index in [1.807, 2.05) is 0 Å². The van der Waals surface area contributed by atoms with Crippen molar-refractivity contribution in [2.45, 2.75) is 14.9 Å². The summed E-state index contributed by atoms with van der Waals surface area (Å²) in [4.78, 5) is 8.35. The molecule has 0 saturated carbocycles. The van der Waals surface area contributed by atoms with Gasteiger partial charge in [-0.2, -0.15) is 0 Å². The number of nitrogens with two attached hydrogens (primary N) is 4. The Kier molecular flexibility index (Phi) is 3.70. The molecule has 0 bridgehead atoms. The van der Waals surface area contributed by atoms with Crippen LogP contribution in [0.25, 0.3) is 0 Å². The Balaban J connectivity index is 2.42. The zero-order chi connectivity index (χ0) is 14.9. The van der Waals surface area contributed by atoms with Crippen molar-refractivity contribution < 1.29 is 8.42 Å². The van der Waals surface area contributed by atoms with Gasteiger partial charge in [-0.1, -0.05) is 0 Å². The van der Waals surface area contributed by atoms with E-state index in [-0.39, 0.29) is 21.7 Å². The van der Waals surface area contributed by atoms with E-state index in [9.17, 15) is 8.42 Å². The highest BCUT2D eigenvalue weighted by molar-refractivity contribution is 7.99. The van der Waals surface area contributed by atoms with Crippen molar-refractivity contribution >= 4 is 39.1 Å². The quantitative estimate of drug-likeness (QED) is 0.455. The third-order valence-corrected chi connectivity index (χ3v) is 4.11. The van der Waals surface area contributed by atoms with Gasteiger partial charge in [-0.05, 0) is 30.0 Å². The van der Waals surface area contributed by atoms with Gasteiger partial charge in [0.25, 0.3) is 0 Å². The van der Waals surface area contributed by atoms with Crippen LogP contribution in [0.2, 0.25) is 0 Å². The summed E-state index contributed by atoms with van der Waals surface area (Å²) in [6.45, 7) is 0. The standard InChI is InChI=1S/C10H12N6O2S2/c11-6-2-1-5(20(14,17)18)3-7(6)19-10-15-8(12)4-9(13)16-10/h1-4H,11H2,(H2,14,17,18)(H4,12,13,15,16). The third kappa shape index (κ3) is 3.29. The lowest BCUT2D eigenvalue weighted by Crippen LogP contribution is -2.12. The molecule has 8 N–H and O–H groups in total. The van der Waals surface area contributed by atoms with Gasteiger partial charge in [-0.3, -0.25) is 0 Å². The number of anilines is 3. The summed E-state index contributed by atoms with van der Waals surface area (Å²) in [5.74, 6) is 0.419. The van der Waals surface area contributed by atoms with Gasteiger partial charge < -0.3 is 17.2 Å². The molecule has 8 nitrogen and oxygen atoms in total. The molecule has 10 heteroatoms. The monoisotopic (exact) mass is 312 g/mol. The van der Waals surface area contributed by atoms with Gasteiger partial charge in [0, 0.05) is 16.6 Å². The van der Waals surface area contributed by atoms with Crippen molar-refractivity contribution in [3.8, 4) is 0 Å². The molecule has 1 heterocycles. The summed E-state index contributed by atoms with van der Waals surface area (Å²) in [6.07, 6.45) is 0. The van der Waals surface area contributed by atoms with E-state index >= 15 is 0 Å². The van der Waals surface area contributed by atoms with Crippen molar-refractivity contribution in [2.75, 3.05) is 17.2 Å². The Bertz CT molecular complexity index is 742. The molecule has 20 heavy (non-hydrogen) atoms. The predicted molar refractivity (Wildman–Crippen MR) is 77.2 cm³/mol. The van der Waals surface area contributed by atoms with Gasteiger partial charge >= 0.3 is 0 Å². The second kappa shape index (κ2) is 5.15. The second-order valence-corrected chi connectivity index (χ2v) is 6.42. The summed E-state index contributed by atoms with van der Waals surface area (Å²) in [5, 5.41) is 5.33. The first-order chi connectivity index (χ1) is 9.25. The van der Waals surface area contributed by atoms with Gasteiger partial charge in [0.1, 0.15) is 11.6 Å². The Morgan fingerprint density at radius 2 is 1.60 bits per heavy atom. The minimum absolute atomic E-state index is 0.0499. The molecule has 0 radical (unpaired) electrons. The normalized spacial score (nSPS) is 11.4. The molecule has 0 aliphatic carbocycles. The number of aromatic nitrogens is 2. The molecule has 0 amide bonds. The Morgan fingerprint density at radius 1 is 1.00 bits per heavy atom. The summed E-state index contributed by atoms with van der Waals surface area (Å²) in [6, 6.07) is 5.52. The first kappa shape index (κ1) is 14.4. The highest BCUT2D eigenvalue weighted by Gasteiger charge is 2.12. The van der Waals surface area contributed by atoms with Gasteiger partial charge in [0.2, 0.25) is 10.0 Å². The van der Waals surface area contributed by atoms with Crippen molar-refractivity contribution in [1.82, 2.24) is 9.97 Å². The molecule has 106 valence electrons. The molecule has 0 unspecified atom stereocenters. The predicted octanol–water partition coefficient (Wildman–Crippen LogP) is 0.0218. The van der Waals surface area contributed by atoms with Crippen LogP contribution in [0.5, 0.6) is 0 Å². The number of nitrogens with zero attached hydrogens (tertiary/aromatic N) is 2. The van der Waals surface area contributed by atoms with Crippen molar-refractivity contribution in [2.24, 2.45) is 5.14 Å². The molecule has 2 aromatic rings. The Labute approximate surface area is 119 Å². The van der Waals surface area contributed by atoms with Gasteiger partial charge in [-0.15, -0.1) is 0 Å². The number of hydrogen-bond donors (Lipinski definition) is 4. The molecule has 2 rings (SSSR count). The number of primary sulfonamides is 1. The molecule has 0 atom stereocenters. The molecule has 1 aromatic carbocycles. The zero-order valence-electron chi connectivity index (χ0n) is 10.1. The minimum atomic E-state index is -3.81. The first-order valence-corrected chi connectivity index (χ1v) is 7.62. The average molecular weight is 312 g/mol. The number of rotatable bonds is 3. The number of sulfonamides is 1. The maximum Gasteiger partial charge on any atom is 0.238 e. The summed E-state index contributed by atoms with van der Waals surface area (Å²) in [7, 11) is -3.81. The van der Waals surface area contributed by atoms with Crippen molar-refractivity contribution in [3.05, 3.63) is 24.3 Å². The van der Waals surface area contributed by atoms with Gasteiger partial charge in [0.15, 0.2) is 5.16 Å². The van der Waals surface area contributed by atoms with Crippen LogP contribution in [-0.2, 0) is 10.0 Å². The fraction of sp³-hybridized carbons (Fsp3) is 0. The smallest absolute Gasteiger partial charge is 0.238 e. The molecule has 0 fully saturated rings. The Morgan fingerprint density at radius 3 is 2.15 bits per heavy atom. The maximum absolute atomic E-state index is 11.3. The number of benzene rings is 1. The fourth-order valence-electron chi connectivity index (χ4n) is 1.39. The summed E-state index contributed by atoms with van der Waals surface area (Å²) >= 11 is 1.05. The van der Waals surface area contributed by atoms with Crippen molar-refractivity contribution in [3.63, 3.8) is 0 Å².